The van der Waals surface area contributed by atoms with Crippen molar-refractivity contribution in [3.63, 3.8) is 0 Å². The Kier molecular flexibility index (Phi) is 7.44. The molecule has 1 unspecified atom stereocenters. The first-order valence-electron chi connectivity index (χ1n) is 9.77. The highest BCUT2D eigenvalue weighted by atomic mass is 16.3. The van der Waals surface area contributed by atoms with Crippen molar-refractivity contribution in [3.05, 3.63) is 66.1 Å². The first-order valence-corrected chi connectivity index (χ1v) is 9.77. The molecule has 1 fully saturated rings. The van der Waals surface area contributed by atoms with Gasteiger partial charge in [0, 0.05) is 25.6 Å². The van der Waals surface area contributed by atoms with E-state index in [0.717, 1.165) is 13.1 Å². The average molecular weight is 381 g/mol. The molecule has 3 rings (SSSR count). The summed E-state index contributed by atoms with van der Waals surface area (Å²) in [7, 11) is 0. The second-order valence-electron chi connectivity index (χ2n) is 6.86. The van der Waals surface area contributed by atoms with Gasteiger partial charge in [0.15, 0.2) is 0 Å². The number of carbonyl (C=O) groups excluding carboxylic acids is 2. The first-order chi connectivity index (χ1) is 13.7. The van der Waals surface area contributed by atoms with Crippen LogP contribution in [0.5, 0.6) is 0 Å². The summed E-state index contributed by atoms with van der Waals surface area (Å²) in [4.78, 5) is 26.4. The summed E-state index contributed by atoms with van der Waals surface area (Å²) in [6, 6.07) is 14.0. The Hall–Kier alpha value is -2.86. The van der Waals surface area contributed by atoms with Crippen LogP contribution < -0.4 is 10.6 Å². The zero-order valence-corrected chi connectivity index (χ0v) is 16.0. The maximum Gasteiger partial charge on any atom is 0.244 e. The van der Waals surface area contributed by atoms with Crippen LogP contribution in [0.2, 0.25) is 0 Å². The number of furan rings is 1. The number of amides is 2. The topological polar surface area (TPSA) is 74.6 Å². The Morgan fingerprint density at radius 2 is 1.86 bits per heavy atom. The minimum absolute atomic E-state index is 0.0598. The lowest BCUT2D eigenvalue weighted by Crippen LogP contribution is -2.37. The maximum atomic E-state index is 12.2. The molecule has 2 aromatic rings. The number of nitrogens with zero attached hydrogens (tertiary/aromatic N) is 1. The third-order valence-electron chi connectivity index (χ3n) is 4.85. The second-order valence-corrected chi connectivity index (χ2v) is 6.86. The van der Waals surface area contributed by atoms with Crippen molar-refractivity contribution in [2.24, 2.45) is 0 Å². The molecule has 1 aromatic carbocycles. The molecule has 6 nitrogen and oxygen atoms in total. The SMILES string of the molecule is O=C(C=Cc1ccco1)NCCC(=O)NCC(c1ccccc1)N1CCCC1. The lowest BCUT2D eigenvalue weighted by atomic mass is 10.1. The zero-order valence-electron chi connectivity index (χ0n) is 16.0. The summed E-state index contributed by atoms with van der Waals surface area (Å²) < 4.78 is 5.12. The molecule has 2 heterocycles. The predicted molar refractivity (Wildman–Crippen MR) is 108 cm³/mol. The standard InChI is InChI=1S/C22H27N3O3/c26-21(11-10-19-9-6-16-28-19)23-13-12-22(27)24-17-20(25-14-4-5-15-25)18-7-2-1-3-8-18/h1-3,6-11,16,20H,4-5,12-15,17H2,(H,23,26)(H,24,27). The number of rotatable bonds is 9. The fraction of sp³-hybridized carbons (Fsp3) is 0.364. The molecule has 1 saturated heterocycles. The predicted octanol–water partition coefficient (Wildman–Crippen LogP) is 2.75. The highest BCUT2D eigenvalue weighted by Gasteiger charge is 2.23. The van der Waals surface area contributed by atoms with Crippen molar-refractivity contribution in [1.82, 2.24) is 15.5 Å². The molecular formula is C22H27N3O3. The molecule has 1 atom stereocenters. The highest BCUT2D eigenvalue weighted by Crippen LogP contribution is 2.24. The van der Waals surface area contributed by atoms with Crippen molar-refractivity contribution >= 4 is 17.9 Å². The summed E-state index contributed by atoms with van der Waals surface area (Å²) in [5, 5.41) is 5.73. The van der Waals surface area contributed by atoms with E-state index in [0.29, 0.717) is 18.8 Å². The van der Waals surface area contributed by atoms with Crippen molar-refractivity contribution < 1.29 is 14.0 Å². The monoisotopic (exact) mass is 381 g/mol. The molecule has 2 N–H and O–H groups in total. The summed E-state index contributed by atoms with van der Waals surface area (Å²) in [6.07, 6.45) is 7.20. The fourth-order valence-electron chi connectivity index (χ4n) is 3.39. The van der Waals surface area contributed by atoms with Gasteiger partial charge in [0.05, 0.1) is 12.3 Å². The molecule has 0 spiro atoms. The van der Waals surface area contributed by atoms with E-state index in [-0.39, 0.29) is 24.3 Å². The quantitative estimate of drug-likeness (QED) is 0.655. The number of benzene rings is 1. The van der Waals surface area contributed by atoms with Gasteiger partial charge in [0.1, 0.15) is 5.76 Å². The summed E-state index contributed by atoms with van der Waals surface area (Å²) >= 11 is 0. The van der Waals surface area contributed by atoms with Crippen molar-refractivity contribution in [1.29, 1.82) is 0 Å². The molecule has 0 radical (unpaired) electrons. The number of nitrogens with one attached hydrogen (secondary N) is 2. The molecule has 0 aliphatic carbocycles. The number of carbonyl (C=O) groups is 2. The van der Waals surface area contributed by atoms with Gasteiger partial charge in [-0.05, 0) is 49.7 Å². The summed E-state index contributed by atoms with van der Waals surface area (Å²) in [6.45, 7) is 3.00. The van der Waals surface area contributed by atoms with E-state index in [1.807, 2.05) is 18.2 Å². The molecule has 2 amide bonds. The Balaban J connectivity index is 1.41. The Labute approximate surface area is 165 Å². The van der Waals surface area contributed by atoms with Crippen molar-refractivity contribution in [3.8, 4) is 0 Å². The van der Waals surface area contributed by atoms with E-state index in [2.05, 4.69) is 27.7 Å². The Morgan fingerprint density at radius 3 is 2.57 bits per heavy atom. The molecule has 1 aliphatic heterocycles. The van der Waals surface area contributed by atoms with E-state index in [1.165, 1.54) is 24.5 Å². The number of likely N-dealkylation sites (tertiary alicyclic amines) is 1. The van der Waals surface area contributed by atoms with Gasteiger partial charge in [-0.3, -0.25) is 14.5 Å². The van der Waals surface area contributed by atoms with Crippen LogP contribution in [-0.2, 0) is 9.59 Å². The van der Waals surface area contributed by atoms with Crippen LogP contribution in [0.4, 0.5) is 0 Å². The van der Waals surface area contributed by atoms with Crippen LogP contribution in [-0.4, -0.2) is 42.9 Å². The molecule has 148 valence electrons. The van der Waals surface area contributed by atoms with E-state index in [1.54, 1.807) is 24.5 Å². The lowest BCUT2D eigenvalue weighted by Gasteiger charge is -2.28. The largest absolute Gasteiger partial charge is 0.465 e. The number of hydrogen-bond donors (Lipinski definition) is 2. The second kappa shape index (κ2) is 10.5. The van der Waals surface area contributed by atoms with Gasteiger partial charge < -0.3 is 15.1 Å². The third-order valence-corrected chi connectivity index (χ3v) is 4.85. The molecule has 0 saturated carbocycles. The summed E-state index contributed by atoms with van der Waals surface area (Å²) in [5.74, 6) is 0.306. The van der Waals surface area contributed by atoms with Gasteiger partial charge in [-0.25, -0.2) is 0 Å². The average Bonchev–Trinajstić information content (AvgIpc) is 3.42. The van der Waals surface area contributed by atoms with Crippen LogP contribution in [0.25, 0.3) is 6.08 Å². The van der Waals surface area contributed by atoms with Gasteiger partial charge in [-0.2, -0.15) is 0 Å². The van der Waals surface area contributed by atoms with Crippen LogP contribution in [0.15, 0.2) is 59.2 Å². The van der Waals surface area contributed by atoms with Gasteiger partial charge >= 0.3 is 0 Å². The van der Waals surface area contributed by atoms with Crippen molar-refractivity contribution in [2.45, 2.75) is 25.3 Å². The zero-order chi connectivity index (χ0) is 19.6. The van der Waals surface area contributed by atoms with Gasteiger partial charge in [0.25, 0.3) is 0 Å². The number of hydrogen-bond acceptors (Lipinski definition) is 4. The van der Waals surface area contributed by atoms with Crippen LogP contribution in [0.1, 0.15) is 36.6 Å². The molecule has 6 heteroatoms. The van der Waals surface area contributed by atoms with E-state index in [9.17, 15) is 9.59 Å². The van der Waals surface area contributed by atoms with E-state index in [4.69, 9.17) is 4.42 Å². The van der Waals surface area contributed by atoms with Gasteiger partial charge in [-0.1, -0.05) is 30.3 Å². The summed E-state index contributed by atoms with van der Waals surface area (Å²) in [5.41, 5.74) is 1.22. The third kappa shape index (κ3) is 6.09. The van der Waals surface area contributed by atoms with Crippen LogP contribution in [0.3, 0.4) is 0 Å². The maximum absolute atomic E-state index is 12.2. The van der Waals surface area contributed by atoms with Crippen molar-refractivity contribution in [2.75, 3.05) is 26.2 Å². The smallest absolute Gasteiger partial charge is 0.244 e. The Bertz CT molecular complexity index is 766. The molecule has 1 aliphatic rings. The minimum atomic E-state index is -0.247. The fourth-order valence-corrected chi connectivity index (χ4v) is 3.39. The Morgan fingerprint density at radius 1 is 1.07 bits per heavy atom. The van der Waals surface area contributed by atoms with E-state index >= 15 is 0 Å². The molecule has 0 bridgehead atoms. The van der Waals surface area contributed by atoms with Gasteiger partial charge in [-0.15, -0.1) is 0 Å². The minimum Gasteiger partial charge on any atom is -0.465 e. The molecular weight excluding hydrogens is 354 g/mol. The first kappa shape index (κ1) is 19.9. The normalized spacial score (nSPS) is 15.6. The lowest BCUT2D eigenvalue weighted by molar-refractivity contribution is -0.121. The van der Waals surface area contributed by atoms with E-state index < -0.39 is 0 Å². The highest BCUT2D eigenvalue weighted by molar-refractivity contribution is 5.91. The molecule has 1 aromatic heterocycles. The van der Waals surface area contributed by atoms with Crippen LogP contribution >= 0.6 is 0 Å². The van der Waals surface area contributed by atoms with Crippen LogP contribution in [0, 0.1) is 0 Å². The molecule has 28 heavy (non-hydrogen) atoms. The van der Waals surface area contributed by atoms with Gasteiger partial charge in [0.2, 0.25) is 11.8 Å².